The number of rotatable bonds is 4. The van der Waals surface area contributed by atoms with Gasteiger partial charge in [-0.15, -0.1) is 0 Å². The zero-order valence-electron chi connectivity index (χ0n) is 11.6. The number of pyridine rings is 1. The van der Waals surface area contributed by atoms with Crippen LogP contribution in [0.4, 0.5) is 0 Å². The van der Waals surface area contributed by atoms with E-state index >= 15 is 0 Å². The number of carbonyl (C=O) groups excluding carboxylic acids is 1. The SMILES string of the molecule is O=C(Cc1ccc2ncccc2c1)NCc1ccccc1. The van der Waals surface area contributed by atoms with Crippen molar-refractivity contribution in [2.75, 3.05) is 0 Å². The Kier molecular flexibility index (Phi) is 3.92. The average molecular weight is 276 g/mol. The summed E-state index contributed by atoms with van der Waals surface area (Å²) in [7, 11) is 0. The van der Waals surface area contributed by atoms with Crippen LogP contribution < -0.4 is 5.32 Å². The standard InChI is InChI=1S/C18H16N2O/c21-18(20-13-14-5-2-1-3-6-14)12-15-8-9-17-16(11-15)7-4-10-19-17/h1-11H,12-13H2,(H,20,21). The van der Waals surface area contributed by atoms with E-state index in [-0.39, 0.29) is 5.91 Å². The van der Waals surface area contributed by atoms with E-state index < -0.39 is 0 Å². The van der Waals surface area contributed by atoms with Gasteiger partial charge in [0.2, 0.25) is 5.91 Å². The molecule has 3 nitrogen and oxygen atoms in total. The Hall–Kier alpha value is -2.68. The van der Waals surface area contributed by atoms with E-state index in [2.05, 4.69) is 10.3 Å². The summed E-state index contributed by atoms with van der Waals surface area (Å²) < 4.78 is 0. The number of benzene rings is 2. The van der Waals surface area contributed by atoms with Crippen molar-refractivity contribution in [3.63, 3.8) is 0 Å². The lowest BCUT2D eigenvalue weighted by Crippen LogP contribution is -2.24. The van der Waals surface area contributed by atoms with Crippen LogP contribution in [-0.4, -0.2) is 10.9 Å². The van der Waals surface area contributed by atoms with E-state index in [0.717, 1.165) is 22.0 Å². The molecule has 21 heavy (non-hydrogen) atoms. The van der Waals surface area contributed by atoms with E-state index in [1.807, 2.05) is 60.7 Å². The van der Waals surface area contributed by atoms with Crippen LogP contribution in [0.5, 0.6) is 0 Å². The van der Waals surface area contributed by atoms with E-state index in [1.165, 1.54) is 0 Å². The van der Waals surface area contributed by atoms with Crippen LogP contribution in [0.3, 0.4) is 0 Å². The average Bonchev–Trinajstić information content (AvgIpc) is 2.54. The quantitative estimate of drug-likeness (QED) is 0.795. The van der Waals surface area contributed by atoms with Gasteiger partial charge >= 0.3 is 0 Å². The molecule has 0 aliphatic carbocycles. The number of hydrogen-bond acceptors (Lipinski definition) is 2. The summed E-state index contributed by atoms with van der Waals surface area (Å²) in [6, 6.07) is 19.8. The molecule has 3 rings (SSSR count). The Morgan fingerprint density at radius 3 is 2.67 bits per heavy atom. The zero-order valence-corrected chi connectivity index (χ0v) is 11.6. The third kappa shape index (κ3) is 3.45. The summed E-state index contributed by atoms with van der Waals surface area (Å²) in [5, 5.41) is 4.00. The minimum absolute atomic E-state index is 0.0297. The van der Waals surface area contributed by atoms with E-state index in [0.29, 0.717) is 13.0 Å². The Morgan fingerprint density at radius 2 is 1.81 bits per heavy atom. The second-order valence-corrected chi connectivity index (χ2v) is 4.97. The van der Waals surface area contributed by atoms with Gasteiger partial charge in [0.1, 0.15) is 0 Å². The highest BCUT2D eigenvalue weighted by Crippen LogP contribution is 2.13. The molecule has 1 N–H and O–H groups in total. The Bertz CT molecular complexity index is 753. The lowest BCUT2D eigenvalue weighted by atomic mass is 10.1. The lowest BCUT2D eigenvalue weighted by Gasteiger charge is -2.06. The van der Waals surface area contributed by atoms with Gasteiger partial charge in [-0.05, 0) is 29.3 Å². The van der Waals surface area contributed by atoms with Gasteiger partial charge in [-0.3, -0.25) is 9.78 Å². The summed E-state index contributed by atoms with van der Waals surface area (Å²) in [5.41, 5.74) is 3.06. The number of fused-ring (bicyclic) bond motifs is 1. The highest BCUT2D eigenvalue weighted by molar-refractivity contribution is 5.83. The van der Waals surface area contributed by atoms with Gasteiger partial charge in [0.25, 0.3) is 0 Å². The fraction of sp³-hybridized carbons (Fsp3) is 0.111. The Labute approximate surface area is 123 Å². The number of carbonyl (C=O) groups is 1. The number of amides is 1. The molecule has 104 valence electrons. The molecule has 0 spiro atoms. The third-order valence-electron chi connectivity index (χ3n) is 3.36. The molecule has 1 heterocycles. The van der Waals surface area contributed by atoms with Crippen molar-refractivity contribution in [1.29, 1.82) is 0 Å². The number of nitrogens with zero attached hydrogens (tertiary/aromatic N) is 1. The fourth-order valence-electron chi connectivity index (χ4n) is 2.28. The minimum Gasteiger partial charge on any atom is -0.352 e. The maximum atomic E-state index is 12.0. The minimum atomic E-state index is 0.0297. The van der Waals surface area contributed by atoms with Crippen LogP contribution in [0.2, 0.25) is 0 Å². The topological polar surface area (TPSA) is 42.0 Å². The van der Waals surface area contributed by atoms with Crippen molar-refractivity contribution in [2.24, 2.45) is 0 Å². The Balaban J connectivity index is 1.63. The molecule has 0 fully saturated rings. The molecule has 0 aliphatic heterocycles. The van der Waals surface area contributed by atoms with Crippen molar-refractivity contribution in [3.8, 4) is 0 Å². The molecule has 0 atom stereocenters. The van der Waals surface area contributed by atoms with Gasteiger partial charge in [-0.2, -0.15) is 0 Å². The van der Waals surface area contributed by atoms with Crippen LogP contribution in [0.1, 0.15) is 11.1 Å². The summed E-state index contributed by atoms with van der Waals surface area (Å²) in [4.78, 5) is 16.3. The first kappa shape index (κ1) is 13.3. The largest absolute Gasteiger partial charge is 0.352 e. The third-order valence-corrected chi connectivity index (χ3v) is 3.36. The van der Waals surface area contributed by atoms with Gasteiger partial charge in [-0.25, -0.2) is 0 Å². The number of nitrogens with one attached hydrogen (secondary N) is 1. The lowest BCUT2D eigenvalue weighted by molar-refractivity contribution is -0.120. The first-order chi connectivity index (χ1) is 10.3. The molecular formula is C18H16N2O. The van der Waals surface area contributed by atoms with E-state index in [4.69, 9.17) is 0 Å². The number of hydrogen-bond donors (Lipinski definition) is 1. The fourth-order valence-corrected chi connectivity index (χ4v) is 2.28. The zero-order chi connectivity index (χ0) is 14.5. The van der Waals surface area contributed by atoms with Crippen LogP contribution in [0.25, 0.3) is 10.9 Å². The molecule has 0 unspecified atom stereocenters. The summed E-state index contributed by atoms with van der Waals surface area (Å²) in [5.74, 6) is 0.0297. The number of aromatic nitrogens is 1. The maximum Gasteiger partial charge on any atom is 0.224 e. The summed E-state index contributed by atoms with van der Waals surface area (Å²) >= 11 is 0. The van der Waals surface area contributed by atoms with Gasteiger partial charge in [0.05, 0.1) is 11.9 Å². The molecule has 0 saturated heterocycles. The van der Waals surface area contributed by atoms with Crippen LogP contribution in [-0.2, 0) is 17.8 Å². The van der Waals surface area contributed by atoms with Crippen LogP contribution in [0, 0.1) is 0 Å². The van der Waals surface area contributed by atoms with E-state index in [9.17, 15) is 4.79 Å². The van der Waals surface area contributed by atoms with Crippen molar-refractivity contribution >= 4 is 16.8 Å². The first-order valence-electron chi connectivity index (χ1n) is 6.95. The predicted molar refractivity (Wildman–Crippen MR) is 83.7 cm³/mol. The molecular weight excluding hydrogens is 260 g/mol. The molecule has 1 aromatic heterocycles. The van der Waals surface area contributed by atoms with Gasteiger partial charge in [0, 0.05) is 18.1 Å². The predicted octanol–water partition coefficient (Wildman–Crippen LogP) is 3.09. The maximum absolute atomic E-state index is 12.0. The molecule has 1 amide bonds. The normalized spacial score (nSPS) is 10.5. The van der Waals surface area contributed by atoms with Gasteiger partial charge in [-0.1, -0.05) is 42.5 Å². The second-order valence-electron chi connectivity index (χ2n) is 4.97. The summed E-state index contributed by atoms with van der Waals surface area (Å²) in [6.07, 6.45) is 2.16. The van der Waals surface area contributed by atoms with Crippen molar-refractivity contribution in [3.05, 3.63) is 78.0 Å². The van der Waals surface area contributed by atoms with Gasteiger partial charge < -0.3 is 5.32 Å². The molecule has 0 aliphatic rings. The first-order valence-corrected chi connectivity index (χ1v) is 6.95. The molecule has 2 aromatic carbocycles. The molecule has 3 aromatic rings. The molecule has 0 saturated carbocycles. The van der Waals surface area contributed by atoms with Gasteiger partial charge in [0.15, 0.2) is 0 Å². The summed E-state index contributed by atoms with van der Waals surface area (Å²) in [6.45, 7) is 0.564. The highest BCUT2D eigenvalue weighted by Gasteiger charge is 2.04. The molecule has 0 bridgehead atoms. The monoisotopic (exact) mass is 276 g/mol. The van der Waals surface area contributed by atoms with Crippen LogP contribution in [0.15, 0.2) is 66.9 Å². The molecule has 3 heteroatoms. The van der Waals surface area contributed by atoms with E-state index in [1.54, 1.807) is 6.20 Å². The van der Waals surface area contributed by atoms with Crippen molar-refractivity contribution in [1.82, 2.24) is 10.3 Å². The molecule has 0 radical (unpaired) electrons. The second kappa shape index (κ2) is 6.18. The Morgan fingerprint density at radius 1 is 0.952 bits per heavy atom. The van der Waals surface area contributed by atoms with Crippen molar-refractivity contribution < 1.29 is 4.79 Å². The van der Waals surface area contributed by atoms with Crippen molar-refractivity contribution in [2.45, 2.75) is 13.0 Å². The smallest absolute Gasteiger partial charge is 0.224 e. The highest BCUT2D eigenvalue weighted by atomic mass is 16.1. The van der Waals surface area contributed by atoms with Crippen LogP contribution >= 0.6 is 0 Å².